The molecule has 0 atom stereocenters. The second-order valence-corrected chi connectivity index (χ2v) is 4.47. The van der Waals surface area contributed by atoms with Crippen molar-refractivity contribution >= 4 is 22.9 Å². The fourth-order valence-electron chi connectivity index (χ4n) is 0.665. The van der Waals surface area contributed by atoms with Gasteiger partial charge in [0.25, 0.3) is 0 Å². The highest BCUT2D eigenvalue weighted by Crippen LogP contribution is 2.27. The van der Waals surface area contributed by atoms with E-state index in [9.17, 15) is 0 Å². The van der Waals surface area contributed by atoms with Gasteiger partial charge in [-0.25, -0.2) is 4.98 Å². The molecule has 0 radical (unpaired) electrons. The quantitative estimate of drug-likeness (QED) is 0.774. The summed E-state index contributed by atoms with van der Waals surface area (Å²) in [4.78, 5) is 5.13. The molecule has 1 aromatic rings. The molecule has 1 N–H and O–H groups in total. The zero-order valence-corrected chi connectivity index (χ0v) is 8.38. The van der Waals surface area contributed by atoms with E-state index in [2.05, 4.69) is 24.1 Å². The van der Waals surface area contributed by atoms with E-state index in [1.807, 2.05) is 13.2 Å². The topological polar surface area (TPSA) is 24.9 Å². The van der Waals surface area contributed by atoms with Crippen LogP contribution < -0.4 is 5.32 Å². The monoisotopic (exact) mass is 190 g/mol. The smallest absolute Gasteiger partial charge is 0.183 e. The maximum absolute atomic E-state index is 5.70. The lowest BCUT2D eigenvalue weighted by molar-refractivity contribution is 0.453. The molecule has 0 saturated carbocycles. The summed E-state index contributed by atoms with van der Waals surface area (Å²) in [7, 11) is 1.92. The van der Waals surface area contributed by atoms with E-state index >= 15 is 0 Å². The molecule has 0 aliphatic heterocycles. The van der Waals surface area contributed by atoms with Crippen LogP contribution in [0.5, 0.6) is 0 Å². The summed E-state index contributed by atoms with van der Waals surface area (Å²) >= 11 is 7.21. The number of halogens is 1. The van der Waals surface area contributed by atoms with Gasteiger partial charge in [-0.3, -0.25) is 0 Å². The van der Waals surface area contributed by atoms with Crippen LogP contribution in [-0.4, -0.2) is 12.0 Å². The Hall–Kier alpha value is -0.120. The van der Waals surface area contributed by atoms with E-state index in [0.29, 0.717) is 4.47 Å². The first kappa shape index (κ1) is 8.97. The minimum atomic E-state index is -0.0230. The fraction of sp³-hybridized carbons (Fsp3) is 0.571. The average molecular weight is 191 g/mol. The maximum Gasteiger partial charge on any atom is 0.183 e. The van der Waals surface area contributed by atoms with Crippen LogP contribution in [0.25, 0.3) is 0 Å². The van der Waals surface area contributed by atoms with E-state index in [0.717, 1.165) is 4.88 Å². The molecule has 2 nitrogen and oxygen atoms in total. The van der Waals surface area contributed by atoms with Gasteiger partial charge in [0.05, 0.1) is 0 Å². The maximum atomic E-state index is 5.70. The van der Waals surface area contributed by atoms with Gasteiger partial charge in [-0.2, -0.15) is 0 Å². The number of hydrogen-bond acceptors (Lipinski definition) is 3. The van der Waals surface area contributed by atoms with E-state index in [1.54, 1.807) is 0 Å². The molecule has 62 valence electrons. The number of rotatable bonds is 2. The standard InChI is InChI=1S/C7H11ClN2S/c1-7(2,9-3)5-4-10-6(8)11-5/h4,9H,1-3H3. The molecule has 0 aliphatic carbocycles. The van der Waals surface area contributed by atoms with Gasteiger partial charge < -0.3 is 5.32 Å². The Morgan fingerprint density at radius 3 is 2.64 bits per heavy atom. The van der Waals surface area contributed by atoms with E-state index in [1.165, 1.54) is 11.3 Å². The molecule has 1 heterocycles. The van der Waals surface area contributed by atoms with E-state index in [-0.39, 0.29) is 5.54 Å². The largest absolute Gasteiger partial charge is 0.310 e. The first-order chi connectivity index (χ1) is 5.06. The number of nitrogens with zero attached hydrogens (tertiary/aromatic N) is 1. The molecule has 0 fully saturated rings. The Labute approximate surface area is 75.6 Å². The van der Waals surface area contributed by atoms with Crippen LogP contribution in [0.3, 0.4) is 0 Å². The molecule has 4 heteroatoms. The SMILES string of the molecule is CNC(C)(C)c1cnc(Cl)s1. The summed E-state index contributed by atoms with van der Waals surface area (Å²) in [5.41, 5.74) is -0.0230. The highest BCUT2D eigenvalue weighted by Gasteiger charge is 2.20. The summed E-state index contributed by atoms with van der Waals surface area (Å²) in [6.45, 7) is 4.19. The van der Waals surface area contributed by atoms with Crippen molar-refractivity contribution in [2.75, 3.05) is 7.05 Å². The number of thiazole rings is 1. The Morgan fingerprint density at radius 2 is 2.27 bits per heavy atom. The molecule has 1 rings (SSSR count). The van der Waals surface area contributed by atoms with Crippen LogP contribution in [0.1, 0.15) is 18.7 Å². The van der Waals surface area contributed by atoms with Crippen molar-refractivity contribution in [1.29, 1.82) is 0 Å². The van der Waals surface area contributed by atoms with Crippen molar-refractivity contribution in [3.63, 3.8) is 0 Å². The van der Waals surface area contributed by atoms with Crippen LogP contribution in [-0.2, 0) is 5.54 Å². The van der Waals surface area contributed by atoms with Gasteiger partial charge in [-0.05, 0) is 20.9 Å². The van der Waals surface area contributed by atoms with Crippen molar-refractivity contribution in [2.45, 2.75) is 19.4 Å². The fourth-order valence-corrected chi connectivity index (χ4v) is 1.71. The predicted octanol–water partition coefficient (Wildman–Crippen LogP) is 2.25. The molecular formula is C7H11ClN2S. The highest BCUT2D eigenvalue weighted by atomic mass is 35.5. The molecule has 1 aromatic heterocycles. The Balaban J connectivity index is 2.92. The van der Waals surface area contributed by atoms with Gasteiger partial charge in [0.2, 0.25) is 0 Å². The molecule has 0 unspecified atom stereocenters. The third-order valence-corrected chi connectivity index (χ3v) is 3.16. The summed E-state index contributed by atoms with van der Waals surface area (Å²) in [6, 6.07) is 0. The third kappa shape index (κ3) is 1.92. The Morgan fingerprint density at radius 1 is 1.64 bits per heavy atom. The van der Waals surface area contributed by atoms with Gasteiger partial charge in [0.15, 0.2) is 4.47 Å². The second-order valence-electron chi connectivity index (χ2n) is 2.85. The van der Waals surface area contributed by atoms with Crippen molar-refractivity contribution in [1.82, 2.24) is 10.3 Å². The van der Waals surface area contributed by atoms with Gasteiger partial charge in [0, 0.05) is 16.6 Å². The first-order valence-corrected chi connectivity index (χ1v) is 4.56. The van der Waals surface area contributed by atoms with Crippen molar-refractivity contribution in [2.24, 2.45) is 0 Å². The zero-order valence-electron chi connectivity index (χ0n) is 6.81. The van der Waals surface area contributed by atoms with E-state index < -0.39 is 0 Å². The molecule has 0 aromatic carbocycles. The summed E-state index contributed by atoms with van der Waals surface area (Å²) in [5, 5.41) is 3.18. The van der Waals surface area contributed by atoms with Crippen molar-refractivity contribution in [3.05, 3.63) is 15.5 Å². The van der Waals surface area contributed by atoms with Crippen LogP contribution in [0.2, 0.25) is 4.47 Å². The first-order valence-electron chi connectivity index (χ1n) is 3.37. The highest BCUT2D eigenvalue weighted by molar-refractivity contribution is 7.15. The minimum Gasteiger partial charge on any atom is -0.310 e. The molecule has 0 amide bonds. The van der Waals surface area contributed by atoms with Crippen LogP contribution >= 0.6 is 22.9 Å². The number of hydrogen-bond donors (Lipinski definition) is 1. The second kappa shape index (κ2) is 3.09. The molecular weight excluding hydrogens is 180 g/mol. The van der Waals surface area contributed by atoms with Crippen LogP contribution in [0.15, 0.2) is 6.20 Å². The summed E-state index contributed by atoms with van der Waals surface area (Å²) in [5.74, 6) is 0. The molecule has 0 saturated heterocycles. The third-order valence-electron chi connectivity index (χ3n) is 1.72. The van der Waals surface area contributed by atoms with Gasteiger partial charge in [0.1, 0.15) is 0 Å². The average Bonchev–Trinajstić information content (AvgIpc) is 2.36. The summed E-state index contributed by atoms with van der Waals surface area (Å²) in [6.07, 6.45) is 1.81. The predicted molar refractivity (Wildman–Crippen MR) is 49.2 cm³/mol. The zero-order chi connectivity index (χ0) is 8.48. The lowest BCUT2D eigenvalue weighted by Crippen LogP contribution is -2.31. The van der Waals surface area contributed by atoms with Gasteiger partial charge >= 0.3 is 0 Å². The Bertz CT molecular complexity index is 244. The van der Waals surface area contributed by atoms with Crippen LogP contribution in [0, 0.1) is 0 Å². The Kier molecular flexibility index (Phi) is 2.52. The van der Waals surface area contributed by atoms with E-state index in [4.69, 9.17) is 11.6 Å². The lowest BCUT2D eigenvalue weighted by Gasteiger charge is -2.21. The molecule has 0 spiro atoms. The van der Waals surface area contributed by atoms with Crippen LogP contribution in [0.4, 0.5) is 0 Å². The van der Waals surface area contributed by atoms with Crippen molar-refractivity contribution < 1.29 is 0 Å². The van der Waals surface area contributed by atoms with Gasteiger partial charge in [-0.15, -0.1) is 11.3 Å². The van der Waals surface area contributed by atoms with Crippen molar-refractivity contribution in [3.8, 4) is 0 Å². The lowest BCUT2D eigenvalue weighted by atomic mass is 10.1. The normalized spacial score (nSPS) is 12.0. The molecule has 11 heavy (non-hydrogen) atoms. The number of aromatic nitrogens is 1. The van der Waals surface area contributed by atoms with Gasteiger partial charge in [-0.1, -0.05) is 11.6 Å². The minimum absolute atomic E-state index is 0.0230. The summed E-state index contributed by atoms with van der Waals surface area (Å²) < 4.78 is 0.600. The molecule has 0 bridgehead atoms. The molecule has 0 aliphatic rings. The number of nitrogens with one attached hydrogen (secondary N) is 1.